The number of carbonyl (C=O) groups is 1. The summed E-state index contributed by atoms with van der Waals surface area (Å²) in [5.41, 5.74) is 4.18. The van der Waals surface area contributed by atoms with Gasteiger partial charge < -0.3 is 0 Å². The van der Waals surface area contributed by atoms with Crippen molar-refractivity contribution < 1.29 is 4.79 Å². The Kier molecular flexibility index (Phi) is 3.02. The van der Waals surface area contributed by atoms with Crippen LogP contribution in [0.2, 0.25) is 0 Å². The molecular weight excluding hydrogens is 188 g/mol. The second-order valence-corrected chi connectivity index (χ2v) is 4.02. The predicted octanol–water partition coefficient (Wildman–Crippen LogP) is 1.35. The molecule has 1 N–H and O–H groups in total. The Morgan fingerprint density at radius 3 is 2.73 bits per heavy atom. The van der Waals surface area contributed by atoms with Gasteiger partial charge >= 0.3 is 0 Å². The van der Waals surface area contributed by atoms with E-state index in [1.54, 1.807) is 0 Å². The van der Waals surface area contributed by atoms with E-state index in [-0.39, 0.29) is 5.91 Å². The fraction of sp³-hybridized carbons (Fsp3) is 0.417. The first-order chi connectivity index (χ1) is 7.25. The number of benzene rings is 1. The minimum atomic E-state index is 0.134. The highest BCUT2D eigenvalue weighted by atomic mass is 16.2. The predicted molar refractivity (Wildman–Crippen MR) is 59.1 cm³/mol. The van der Waals surface area contributed by atoms with Gasteiger partial charge in [-0.2, -0.15) is 0 Å². The number of hydrogen-bond donors (Lipinski definition) is 1. The molecule has 0 saturated carbocycles. The van der Waals surface area contributed by atoms with E-state index >= 15 is 0 Å². The molecule has 1 aromatic carbocycles. The van der Waals surface area contributed by atoms with Crippen molar-refractivity contribution >= 4 is 5.91 Å². The summed E-state index contributed by atoms with van der Waals surface area (Å²) < 4.78 is 0. The van der Waals surface area contributed by atoms with Gasteiger partial charge in [0.15, 0.2) is 0 Å². The second kappa shape index (κ2) is 4.45. The van der Waals surface area contributed by atoms with Crippen molar-refractivity contribution in [1.29, 1.82) is 0 Å². The van der Waals surface area contributed by atoms with Crippen molar-refractivity contribution in [3.63, 3.8) is 0 Å². The Bertz CT molecular complexity index is 337. The summed E-state index contributed by atoms with van der Waals surface area (Å²) in [5, 5.41) is 2.02. The van der Waals surface area contributed by atoms with Gasteiger partial charge in [-0.05, 0) is 18.9 Å². The summed E-state index contributed by atoms with van der Waals surface area (Å²) >= 11 is 0. The average Bonchev–Trinajstić information content (AvgIpc) is 2.66. The summed E-state index contributed by atoms with van der Waals surface area (Å²) in [4.78, 5) is 11.1. The number of hydrogen-bond acceptors (Lipinski definition) is 2. The third-order valence-corrected chi connectivity index (χ3v) is 2.75. The third kappa shape index (κ3) is 2.57. The zero-order chi connectivity index (χ0) is 10.7. The first kappa shape index (κ1) is 10.2. The van der Waals surface area contributed by atoms with E-state index in [9.17, 15) is 4.79 Å². The summed E-state index contributed by atoms with van der Waals surface area (Å²) in [6, 6.07) is 10.7. The van der Waals surface area contributed by atoms with Crippen LogP contribution in [0.4, 0.5) is 0 Å². The molecule has 3 nitrogen and oxygen atoms in total. The average molecular weight is 204 g/mol. The van der Waals surface area contributed by atoms with Gasteiger partial charge in [-0.3, -0.25) is 10.2 Å². The molecule has 3 heteroatoms. The quantitative estimate of drug-likeness (QED) is 0.806. The molecule has 15 heavy (non-hydrogen) atoms. The normalized spacial score (nSPS) is 18.9. The fourth-order valence-electron chi connectivity index (χ4n) is 1.89. The number of rotatable bonds is 3. The number of nitrogens with one attached hydrogen (secondary N) is 1. The Hall–Kier alpha value is -1.35. The Balaban J connectivity index is 1.92. The van der Waals surface area contributed by atoms with Crippen molar-refractivity contribution in [3.05, 3.63) is 35.9 Å². The first-order valence-corrected chi connectivity index (χ1v) is 5.36. The molecule has 1 fully saturated rings. The summed E-state index contributed by atoms with van der Waals surface area (Å²) in [5.74, 6) is 0.134. The lowest BCUT2D eigenvalue weighted by atomic mass is 10.1. The van der Waals surface area contributed by atoms with E-state index in [0.717, 1.165) is 13.0 Å². The fourth-order valence-corrected chi connectivity index (χ4v) is 1.89. The second-order valence-electron chi connectivity index (χ2n) is 4.02. The molecule has 1 aliphatic heterocycles. The molecule has 0 bridgehead atoms. The smallest absolute Gasteiger partial charge is 0.235 e. The van der Waals surface area contributed by atoms with Gasteiger partial charge in [0.1, 0.15) is 0 Å². The van der Waals surface area contributed by atoms with Crippen LogP contribution in [0.5, 0.6) is 0 Å². The third-order valence-electron chi connectivity index (χ3n) is 2.75. The van der Waals surface area contributed by atoms with Crippen LogP contribution in [0.15, 0.2) is 30.3 Å². The summed E-state index contributed by atoms with van der Waals surface area (Å²) in [6.07, 6.45) is 1.60. The Morgan fingerprint density at radius 2 is 2.13 bits per heavy atom. The highest BCUT2D eigenvalue weighted by Gasteiger charge is 2.22. The van der Waals surface area contributed by atoms with Gasteiger partial charge in [0.25, 0.3) is 0 Å². The van der Waals surface area contributed by atoms with Gasteiger partial charge in [0.2, 0.25) is 5.91 Å². The van der Waals surface area contributed by atoms with Crippen molar-refractivity contribution in [2.75, 3.05) is 6.54 Å². The van der Waals surface area contributed by atoms with Gasteiger partial charge in [-0.1, -0.05) is 30.3 Å². The molecule has 1 unspecified atom stereocenters. The van der Waals surface area contributed by atoms with E-state index in [4.69, 9.17) is 0 Å². The molecular formula is C12H16N2O. The number of nitrogens with zero attached hydrogens (tertiary/aromatic N) is 1. The van der Waals surface area contributed by atoms with Crippen LogP contribution in [-0.2, 0) is 11.2 Å². The lowest BCUT2D eigenvalue weighted by Gasteiger charge is -2.23. The molecule has 0 aliphatic carbocycles. The Morgan fingerprint density at radius 1 is 1.40 bits per heavy atom. The van der Waals surface area contributed by atoms with Crippen LogP contribution >= 0.6 is 0 Å². The van der Waals surface area contributed by atoms with E-state index < -0.39 is 0 Å². The lowest BCUT2D eigenvalue weighted by molar-refractivity contribution is -0.121. The Labute approximate surface area is 90.1 Å². The molecule has 0 aromatic heterocycles. The van der Waals surface area contributed by atoms with Crippen molar-refractivity contribution in [1.82, 2.24) is 10.4 Å². The summed E-state index contributed by atoms with van der Waals surface area (Å²) in [6.45, 7) is 2.96. The van der Waals surface area contributed by atoms with Gasteiger partial charge in [-0.25, -0.2) is 5.01 Å². The number of carbonyl (C=O) groups excluding carboxylic acids is 1. The first-order valence-electron chi connectivity index (χ1n) is 5.36. The molecule has 0 spiro atoms. The van der Waals surface area contributed by atoms with Crippen LogP contribution in [0.3, 0.4) is 0 Å². The van der Waals surface area contributed by atoms with E-state index in [1.807, 2.05) is 23.2 Å². The van der Waals surface area contributed by atoms with Crippen LogP contribution in [-0.4, -0.2) is 23.5 Å². The van der Waals surface area contributed by atoms with E-state index in [1.165, 1.54) is 5.56 Å². The summed E-state index contributed by atoms with van der Waals surface area (Å²) in [7, 11) is 0. The van der Waals surface area contributed by atoms with Crippen LogP contribution in [0, 0.1) is 0 Å². The molecule has 1 aromatic rings. The minimum absolute atomic E-state index is 0.134. The molecule has 1 saturated heterocycles. The maximum absolute atomic E-state index is 11.1. The molecule has 0 radical (unpaired) electrons. The van der Waals surface area contributed by atoms with Gasteiger partial charge in [0, 0.05) is 19.0 Å². The molecule has 1 amide bonds. The van der Waals surface area contributed by atoms with Gasteiger partial charge in [0.05, 0.1) is 0 Å². The molecule has 1 aliphatic rings. The van der Waals surface area contributed by atoms with Crippen LogP contribution < -0.4 is 5.43 Å². The molecule has 1 heterocycles. The molecule has 2 rings (SSSR count). The zero-order valence-corrected chi connectivity index (χ0v) is 8.94. The number of amides is 1. The number of hydrazine groups is 1. The highest BCUT2D eigenvalue weighted by molar-refractivity contribution is 5.77. The van der Waals surface area contributed by atoms with Crippen LogP contribution in [0.1, 0.15) is 18.9 Å². The topological polar surface area (TPSA) is 32.3 Å². The van der Waals surface area contributed by atoms with Crippen molar-refractivity contribution in [2.24, 2.45) is 0 Å². The highest BCUT2D eigenvalue weighted by Crippen LogP contribution is 2.10. The van der Waals surface area contributed by atoms with Crippen molar-refractivity contribution in [2.45, 2.75) is 25.8 Å². The SMILES string of the molecule is CC(Cc1ccccc1)N1CCC(=O)N1. The standard InChI is InChI=1S/C12H16N2O/c1-10(14-8-7-12(15)13-14)9-11-5-3-2-4-6-11/h2-6,10H,7-9H2,1H3,(H,13,15). The minimum Gasteiger partial charge on any atom is -0.289 e. The lowest BCUT2D eigenvalue weighted by Crippen LogP contribution is -2.41. The molecule has 80 valence electrons. The maximum Gasteiger partial charge on any atom is 0.235 e. The zero-order valence-electron chi connectivity index (χ0n) is 8.94. The van der Waals surface area contributed by atoms with Crippen molar-refractivity contribution in [3.8, 4) is 0 Å². The van der Waals surface area contributed by atoms with E-state index in [2.05, 4.69) is 24.5 Å². The maximum atomic E-state index is 11.1. The monoisotopic (exact) mass is 204 g/mol. The van der Waals surface area contributed by atoms with Gasteiger partial charge in [-0.15, -0.1) is 0 Å². The van der Waals surface area contributed by atoms with Crippen LogP contribution in [0.25, 0.3) is 0 Å². The molecule has 1 atom stereocenters. The van der Waals surface area contributed by atoms with E-state index in [0.29, 0.717) is 12.5 Å². The largest absolute Gasteiger partial charge is 0.289 e.